The number of allylic oxidation sites excluding steroid dienone is 1. The molecule has 1 aromatic rings. The highest BCUT2D eigenvalue weighted by Gasteiger charge is 2.62. The molecule has 4 atom stereocenters. The number of ketones is 1. The molecule has 1 amide bonds. The number of nitrogens with zero attached hydrogens (tertiary/aromatic N) is 2. The predicted octanol–water partition coefficient (Wildman–Crippen LogP) is 2.96. The molecule has 0 aromatic heterocycles. The lowest BCUT2D eigenvalue weighted by molar-refractivity contribution is -0.139. The fourth-order valence-electron chi connectivity index (χ4n) is 8.18. The molecule has 0 aliphatic heterocycles. The van der Waals surface area contributed by atoms with E-state index in [1.165, 1.54) is 19.0 Å². The van der Waals surface area contributed by atoms with Gasteiger partial charge >= 0.3 is 6.18 Å². The summed E-state index contributed by atoms with van der Waals surface area (Å²) in [4.78, 5) is 29.4. The highest BCUT2D eigenvalue weighted by molar-refractivity contribution is 6.26. The van der Waals surface area contributed by atoms with Gasteiger partial charge in [0, 0.05) is 23.6 Å². The molecule has 2 fully saturated rings. The molecular formula is C30H35F3N4O6. The van der Waals surface area contributed by atoms with Crippen LogP contribution in [-0.2, 0) is 23.9 Å². The molecule has 7 N–H and O–H groups in total. The Hall–Kier alpha value is -3.42. The van der Waals surface area contributed by atoms with Crippen LogP contribution in [0.15, 0.2) is 28.7 Å². The van der Waals surface area contributed by atoms with Crippen molar-refractivity contribution in [3.05, 3.63) is 51.0 Å². The molecule has 0 spiro atoms. The second kappa shape index (κ2) is 9.29. The summed E-state index contributed by atoms with van der Waals surface area (Å²) in [5, 5.41) is 53.8. The van der Waals surface area contributed by atoms with E-state index in [0.717, 1.165) is 31.7 Å². The molecule has 5 aliphatic carbocycles. The van der Waals surface area contributed by atoms with E-state index in [1.54, 1.807) is 7.05 Å². The predicted molar refractivity (Wildman–Crippen MR) is 148 cm³/mol. The first-order chi connectivity index (χ1) is 20.0. The summed E-state index contributed by atoms with van der Waals surface area (Å²) in [5.41, 5.74) is -1.58. The standard InChI is InChI=1S/C30H35F3N4O6/c1-36(2)22-16-9-12-8-15-19(23(39)18(12)26(41)29(16,43)25(34)20(24(22)40)27(35)42)17(38)10-13(21(15)30(31,32)33)11-37(3)28(6-7-28)14-4-5-14/h10,12,14,16,22,34,38,40-41,43H,4-9,11H2,1-3H3,(H2,35,42)/t12-,16-,22-,29+/m0/s1. The topological polar surface area (TPSA) is 171 Å². The molecule has 43 heavy (non-hydrogen) atoms. The molecule has 0 radical (unpaired) electrons. The highest BCUT2D eigenvalue weighted by atomic mass is 19.4. The smallest absolute Gasteiger partial charge is 0.417 e. The van der Waals surface area contributed by atoms with Crippen molar-refractivity contribution in [1.29, 1.82) is 5.41 Å². The number of hydrogen-bond acceptors (Lipinski definition) is 9. The molecule has 6 rings (SSSR count). The maximum Gasteiger partial charge on any atom is 0.417 e. The second-order valence-electron chi connectivity index (χ2n) is 13.0. The number of phenolic OH excluding ortho intramolecular Hbond substituents is 1. The molecule has 232 valence electrons. The third-order valence-corrected chi connectivity index (χ3v) is 10.4. The number of amides is 1. The Balaban J connectivity index is 1.49. The maximum atomic E-state index is 14.8. The van der Waals surface area contributed by atoms with Crippen molar-refractivity contribution in [3.63, 3.8) is 0 Å². The molecule has 0 saturated heterocycles. The largest absolute Gasteiger partial charge is 0.510 e. The van der Waals surface area contributed by atoms with Gasteiger partial charge in [-0.3, -0.25) is 19.4 Å². The summed E-state index contributed by atoms with van der Waals surface area (Å²) < 4.78 is 44.5. The van der Waals surface area contributed by atoms with E-state index >= 15 is 0 Å². The lowest BCUT2D eigenvalue weighted by Gasteiger charge is -2.51. The number of alkyl halides is 3. The van der Waals surface area contributed by atoms with Gasteiger partial charge in [-0.15, -0.1) is 0 Å². The minimum Gasteiger partial charge on any atom is -0.510 e. The lowest BCUT2D eigenvalue weighted by Crippen LogP contribution is -2.63. The lowest BCUT2D eigenvalue weighted by atomic mass is 9.58. The van der Waals surface area contributed by atoms with E-state index in [4.69, 9.17) is 11.1 Å². The van der Waals surface area contributed by atoms with E-state index in [-0.39, 0.29) is 36.1 Å². The van der Waals surface area contributed by atoms with E-state index < -0.39 is 86.6 Å². The number of rotatable bonds is 6. The van der Waals surface area contributed by atoms with Crippen LogP contribution in [-0.4, -0.2) is 86.0 Å². The van der Waals surface area contributed by atoms with Crippen molar-refractivity contribution in [3.8, 4) is 5.75 Å². The number of nitrogens with one attached hydrogen (secondary N) is 1. The Bertz CT molecular complexity index is 1540. The molecule has 0 heterocycles. The number of phenols is 1. The molecule has 2 saturated carbocycles. The number of hydrogen-bond donors (Lipinski definition) is 6. The number of primary amides is 1. The van der Waals surface area contributed by atoms with E-state index in [1.807, 2.05) is 4.90 Å². The maximum absolute atomic E-state index is 14.8. The van der Waals surface area contributed by atoms with Gasteiger partial charge in [-0.2, -0.15) is 13.2 Å². The number of Topliss-reactive ketones (excluding diaryl/α,β-unsaturated/α-hetero) is 1. The van der Waals surface area contributed by atoms with Crippen LogP contribution < -0.4 is 5.73 Å². The zero-order chi connectivity index (χ0) is 31.5. The van der Waals surface area contributed by atoms with Gasteiger partial charge in [-0.25, -0.2) is 0 Å². The summed E-state index contributed by atoms with van der Waals surface area (Å²) >= 11 is 0. The van der Waals surface area contributed by atoms with Gasteiger partial charge in [0.05, 0.1) is 22.9 Å². The number of halogens is 3. The van der Waals surface area contributed by atoms with Crippen LogP contribution in [0, 0.1) is 23.2 Å². The van der Waals surface area contributed by atoms with Crippen LogP contribution in [0.1, 0.15) is 59.2 Å². The van der Waals surface area contributed by atoms with Gasteiger partial charge in [0.2, 0.25) is 0 Å². The van der Waals surface area contributed by atoms with Crippen LogP contribution in [0.4, 0.5) is 13.2 Å². The van der Waals surface area contributed by atoms with Gasteiger partial charge in [-0.05, 0) is 88.7 Å². The summed E-state index contributed by atoms with van der Waals surface area (Å²) in [6.07, 6.45) is -1.61. The molecule has 5 aliphatic rings. The Kier molecular flexibility index (Phi) is 6.40. The Labute approximate surface area is 245 Å². The summed E-state index contributed by atoms with van der Waals surface area (Å²) in [5.74, 6) is -6.42. The summed E-state index contributed by atoms with van der Waals surface area (Å²) in [7, 11) is 4.82. The zero-order valence-corrected chi connectivity index (χ0v) is 24.0. The number of aliphatic hydroxyl groups excluding tert-OH is 2. The minimum absolute atomic E-state index is 0.0736. The number of carbonyl (C=O) groups is 2. The van der Waals surface area contributed by atoms with Gasteiger partial charge in [0.25, 0.3) is 5.91 Å². The number of nitrogens with two attached hydrogens (primary N) is 1. The Morgan fingerprint density at radius 1 is 1.16 bits per heavy atom. The summed E-state index contributed by atoms with van der Waals surface area (Å²) in [6.45, 7) is -0.0736. The van der Waals surface area contributed by atoms with Crippen LogP contribution in [0.2, 0.25) is 0 Å². The SMILES string of the molecule is CN(C)[C@@H]1C(O)=C(C(N)=O)C(=N)[C@@]2(O)C(O)=C3C(=O)c4c(O)cc(CN(C)C5(C6CC6)CC5)c(C(F)(F)F)c4C[C@H]3C[C@@H]12. The fourth-order valence-corrected chi connectivity index (χ4v) is 8.18. The van der Waals surface area contributed by atoms with E-state index in [2.05, 4.69) is 0 Å². The molecule has 0 bridgehead atoms. The number of benzene rings is 1. The van der Waals surface area contributed by atoms with Crippen molar-refractivity contribution in [2.75, 3.05) is 21.1 Å². The number of likely N-dealkylation sites (N-methyl/N-ethyl adjacent to an activating group) is 1. The number of carbonyl (C=O) groups excluding carboxylic acids is 2. The first-order valence-corrected chi connectivity index (χ1v) is 14.3. The Morgan fingerprint density at radius 3 is 2.30 bits per heavy atom. The van der Waals surface area contributed by atoms with Crippen LogP contribution in [0.25, 0.3) is 0 Å². The zero-order valence-electron chi connectivity index (χ0n) is 24.0. The quantitative estimate of drug-likeness (QED) is 0.288. The highest BCUT2D eigenvalue weighted by Crippen LogP contribution is 2.58. The average molecular weight is 605 g/mol. The van der Waals surface area contributed by atoms with Crippen LogP contribution >= 0.6 is 0 Å². The second-order valence-corrected chi connectivity index (χ2v) is 13.0. The summed E-state index contributed by atoms with van der Waals surface area (Å²) in [6, 6.07) is -0.192. The molecule has 1 aromatic carbocycles. The number of fused-ring (bicyclic) bond motifs is 3. The van der Waals surface area contributed by atoms with Gasteiger partial charge in [-0.1, -0.05) is 0 Å². The molecular weight excluding hydrogens is 569 g/mol. The van der Waals surface area contributed by atoms with Gasteiger partial charge < -0.3 is 31.6 Å². The number of aromatic hydroxyl groups is 1. The average Bonchev–Trinajstić information content (AvgIpc) is 3.77. The van der Waals surface area contributed by atoms with E-state index in [0.29, 0.717) is 5.92 Å². The van der Waals surface area contributed by atoms with Crippen molar-refractivity contribution in [2.45, 2.75) is 68.4 Å². The van der Waals surface area contributed by atoms with Gasteiger partial charge in [0.15, 0.2) is 11.4 Å². The van der Waals surface area contributed by atoms with Crippen LogP contribution in [0.3, 0.4) is 0 Å². The molecule has 0 unspecified atom stereocenters. The minimum atomic E-state index is -4.86. The first-order valence-electron chi connectivity index (χ1n) is 14.3. The van der Waals surface area contributed by atoms with Gasteiger partial charge in [0.1, 0.15) is 22.8 Å². The van der Waals surface area contributed by atoms with Crippen molar-refractivity contribution in [2.24, 2.45) is 23.5 Å². The third kappa shape index (κ3) is 4.07. The van der Waals surface area contributed by atoms with E-state index in [9.17, 15) is 43.2 Å². The van der Waals surface area contributed by atoms with Crippen molar-refractivity contribution >= 4 is 17.4 Å². The van der Waals surface area contributed by atoms with Crippen LogP contribution in [0.5, 0.6) is 5.75 Å². The van der Waals surface area contributed by atoms with Crippen molar-refractivity contribution in [1.82, 2.24) is 9.80 Å². The van der Waals surface area contributed by atoms with Crippen molar-refractivity contribution < 1.29 is 43.2 Å². The monoisotopic (exact) mass is 604 g/mol. The molecule has 13 heteroatoms. The fraction of sp³-hybridized carbons (Fsp3) is 0.567. The first kappa shape index (κ1) is 29.6. The third-order valence-electron chi connectivity index (χ3n) is 10.4. The number of aliphatic hydroxyl groups is 3. The molecule has 10 nitrogen and oxygen atoms in total. The Morgan fingerprint density at radius 2 is 1.79 bits per heavy atom. The normalized spacial score (nSPS) is 30.0.